The van der Waals surface area contributed by atoms with Crippen molar-refractivity contribution in [3.05, 3.63) is 35.6 Å². The van der Waals surface area contributed by atoms with Crippen LogP contribution in [0.5, 0.6) is 0 Å². The van der Waals surface area contributed by atoms with Crippen LogP contribution in [0.2, 0.25) is 0 Å². The zero-order valence-corrected chi connectivity index (χ0v) is 11.8. The standard InChI is InChI=1S/C14H17FN2O4/c1-3-16-13(19)9(2)21-12(18)8-17-14(20)10-5-4-6-11(15)7-10/h4-7,9H,3,8H2,1-2H3,(H,16,19)(H,17,20)/t9-/m0/s1. The Morgan fingerprint density at radius 1 is 1.29 bits per heavy atom. The van der Waals surface area contributed by atoms with Gasteiger partial charge >= 0.3 is 5.97 Å². The molecule has 0 fully saturated rings. The number of carbonyl (C=O) groups excluding carboxylic acids is 3. The van der Waals surface area contributed by atoms with Crippen LogP contribution >= 0.6 is 0 Å². The second kappa shape index (κ2) is 7.98. The van der Waals surface area contributed by atoms with Crippen molar-refractivity contribution in [1.82, 2.24) is 10.6 Å². The van der Waals surface area contributed by atoms with Gasteiger partial charge in [0, 0.05) is 12.1 Å². The summed E-state index contributed by atoms with van der Waals surface area (Å²) in [5, 5.41) is 4.79. The van der Waals surface area contributed by atoms with Crippen molar-refractivity contribution < 1.29 is 23.5 Å². The first kappa shape index (κ1) is 16.6. The highest BCUT2D eigenvalue weighted by molar-refractivity contribution is 5.96. The molecule has 0 saturated heterocycles. The Bertz CT molecular complexity index is 533. The minimum absolute atomic E-state index is 0.0968. The van der Waals surface area contributed by atoms with E-state index in [1.807, 2.05) is 0 Å². The third-order valence-electron chi connectivity index (χ3n) is 2.51. The molecule has 0 radical (unpaired) electrons. The number of rotatable bonds is 6. The van der Waals surface area contributed by atoms with Crippen LogP contribution in [0.3, 0.4) is 0 Å². The van der Waals surface area contributed by atoms with Crippen LogP contribution in [-0.4, -0.2) is 37.0 Å². The molecule has 114 valence electrons. The fraction of sp³-hybridized carbons (Fsp3) is 0.357. The van der Waals surface area contributed by atoms with Crippen LogP contribution < -0.4 is 10.6 Å². The first-order valence-electron chi connectivity index (χ1n) is 6.45. The Kier molecular flexibility index (Phi) is 6.32. The van der Waals surface area contributed by atoms with Gasteiger partial charge in [0.15, 0.2) is 6.10 Å². The molecular formula is C14H17FN2O4. The third kappa shape index (κ3) is 5.60. The number of esters is 1. The van der Waals surface area contributed by atoms with Crippen molar-refractivity contribution in [3.63, 3.8) is 0 Å². The summed E-state index contributed by atoms with van der Waals surface area (Å²) < 4.78 is 17.8. The van der Waals surface area contributed by atoms with Crippen molar-refractivity contribution in [3.8, 4) is 0 Å². The Balaban J connectivity index is 2.42. The molecule has 1 aromatic carbocycles. The largest absolute Gasteiger partial charge is 0.451 e. The first-order valence-corrected chi connectivity index (χ1v) is 6.45. The van der Waals surface area contributed by atoms with Crippen molar-refractivity contribution in [2.24, 2.45) is 0 Å². The van der Waals surface area contributed by atoms with Gasteiger partial charge in [0.1, 0.15) is 12.4 Å². The van der Waals surface area contributed by atoms with E-state index in [9.17, 15) is 18.8 Å². The number of likely N-dealkylation sites (N-methyl/N-ethyl adjacent to an activating group) is 1. The summed E-state index contributed by atoms with van der Waals surface area (Å²) in [6.07, 6.45) is -0.941. The smallest absolute Gasteiger partial charge is 0.326 e. The summed E-state index contributed by atoms with van der Waals surface area (Å²) in [6.45, 7) is 3.19. The fourth-order valence-electron chi connectivity index (χ4n) is 1.49. The van der Waals surface area contributed by atoms with Crippen LogP contribution in [0.1, 0.15) is 24.2 Å². The number of halogens is 1. The van der Waals surface area contributed by atoms with Gasteiger partial charge in [0.2, 0.25) is 0 Å². The van der Waals surface area contributed by atoms with Gasteiger partial charge in [-0.2, -0.15) is 0 Å². The van der Waals surface area contributed by atoms with E-state index in [2.05, 4.69) is 10.6 Å². The quantitative estimate of drug-likeness (QED) is 0.754. The summed E-state index contributed by atoms with van der Waals surface area (Å²) in [6, 6.07) is 5.07. The van der Waals surface area contributed by atoms with Gasteiger partial charge in [0.05, 0.1) is 0 Å². The summed E-state index contributed by atoms with van der Waals surface area (Å²) >= 11 is 0. The molecule has 2 N–H and O–H groups in total. The monoisotopic (exact) mass is 296 g/mol. The molecule has 6 nitrogen and oxygen atoms in total. The molecule has 0 aliphatic heterocycles. The van der Waals surface area contributed by atoms with E-state index < -0.39 is 36.2 Å². The molecule has 21 heavy (non-hydrogen) atoms. The lowest BCUT2D eigenvalue weighted by Gasteiger charge is -2.13. The molecule has 0 unspecified atom stereocenters. The molecule has 0 heterocycles. The Morgan fingerprint density at radius 2 is 2.00 bits per heavy atom. The minimum Gasteiger partial charge on any atom is -0.451 e. The fourth-order valence-corrected chi connectivity index (χ4v) is 1.49. The number of ether oxygens (including phenoxy) is 1. The van der Waals surface area contributed by atoms with Crippen molar-refractivity contribution in [1.29, 1.82) is 0 Å². The van der Waals surface area contributed by atoms with Gasteiger partial charge in [-0.05, 0) is 32.0 Å². The van der Waals surface area contributed by atoms with Gasteiger partial charge in [-0.25, -0.2) is 4.39 Å². The maximum atomic E-state index is 12.9. The molecular weight excluding hydrogens is 279 g/mol. The Labute approximate surface area is 121 Å². The summed E-state index contributed by atoms with van der Waals surface area (Å²) in [4.78, 5) is 34.5. The van der Waals surface area contributed by atoms with Crippen molar-refractivity contribution in [2.45, 2.75) is 20.0 Å². The van der Waals surface area contributed by atoms with Crippen molar-refractivity contribution in [2.75, 3.05) is 13.1 Å². The van der Waals surface area contributed by atoms with Crippen LogP contribution in [0.15, 0.2) is 24.3 Å². The summed E-state index contributed by atoms with van der Waals surface area (Å²) in [7, 11) is 0. The molecule has 1 rings (SSSR count). The van der Waals surface area contributed by atoms with Crippen LogP contribution in [-0.2, 0) is 14.3 Å². The lowest BCUT2D eigenvalue weighted by Crippen LogP contribution is -2.38. The highest BCUT2D eigenvalue weighted by Crippen LogP contribution is 2.03. The number of amides is 2. The maximum Gasteiger partial charge on any atom is 0.326 e. The molecule has 1 aromatic rings. The SMILES string of the molecule is CCNC(=O)[C@H](C)OC(=O)CNC(=O)c1cccc(F)c1. The molecule has 2 amide bonds. The number of nitrogens with one attached hydrogen (secondary N) is 2. The van der Waals surface area contributed by atoms with Gasteiger partial charge in [0.25, 0.3) is 11.8 Å². The summed E-state index contributed by atoms with van der Waals surface area (Å²) in [5.41, 5.74) is 0.0968. The summed E-state index contributed by atoms with van der Waals surface area (Å²) in [5.74, 6) is -2.31. The van der Waals surface area contributed by atoms with E-state index in [-0.39, 0.29) is 5.56 Å². The highest BCUT2D eigenvalue weighted by atomic mass is 19.1. The molecule has 7 heteroatoms. The highest BCUT2D eigenvalue weighted by Gasteiger charge is 2.17. The number of benzene rings is 1. The van der Waals surface area contributed by atoms with E-state index in [1.54, 1.807) is 6.92 Å². The molecule has 0 spiro atoms. The zero-order valence-electron chi connectivity index (χ0n) is 11.8. The van der Waals surface area contributed by atoms with E-state index >= 15 is 0 Å². The van der Waals surface area contributed by atoms with Crippen molar-refractivity contribution >= 4 is 17.8 Å². The van der Waals surface area contributed by atoms with Crippen LogP contribution in [0.25, 0.3) is 0 Å². The molecule has 0 saturated carbocycles. The predicted octanol–water partition coefficient (Wildman–Crippen LogP) is 0.623. The van der Waals surface area contributed by atoms with E-state index in [1.165, 1.54) is 25.1 Å². The first-order chi connectivity index (χ1) is 9.93. The second-order valence-corrected chi connectivity index (χ2v) is 4.22. The lowest BCUT2D eigenvalue weighted by molar-refractivity contribution is -0.153. The molecule has 1 atom stereocenters. The number of hydrogen-bond acceptors (Lipinski definition) is 4. The molecule has 0 aliphatic carbocycles. The Hall–Kier alpha value is -2.44. The predicted molar refractivity (Wildman–Crippen MR) is 73.0 cm³/mol. The average Bonchev–Trinajstić information content (AvgIpc) is 2.45. The average molecular weight is 296 g/mol. The topological polar surface area (TPSA) is 84.5 Å². The maximum absolute atomic E-state index is 12.9. The van der Waals surface area contributed by atoms with Crippen LogP contribution in [0.4, 0.5) is 4.39 Å². The zero-order chi connectivity index (χ0) is 15.8. The number of hydrogen-bond donors (Lipinski definition) is 2. The normalized spacial score (nSPS) is 11.4. The molecule has 0 aliphatic rings. The van der Waals surface area contributed by atoms with E-state index in [0.717, 1.165) is 6.07 Å². The van der Waals surface area contributed by atoms with Crippen LogP contribution in [0, 0.1) is 5.82 Å². The number of carbonyl (C=O) groups is 3. The van der Waals surface area contributed by atoms with Gasteiger partial charge in [-0.1, -0.05) is 6.07 Å². The molecule has 0 bridgehead atoms. The third-order valence-corrected chi connectivity index (χ3v) is 2.51. The molecule has 0 aromatic heterocycles. The minimum atomic E-state index is -0.941. The lowest BCUT2D eigenvalue weighted by atomic mass is 10.2. The van der Waals surface area contributed by atoms with Gasteiger partial charge < -0.3 is 15.4 Å². The van der Waals surface area contributed by atoms with E-state index in [4.69, 9.17) is 4.74 Å². The van der Waals surface area contributed by atoms with E-state index in [0.29, 0.717) is 6.54 Å². The van der Waals surface area contributed by atoms with Gasteiger partial charge in [-0.3, -0.25) is 14.4 Å². The second-order valence-electron chi connectivity index (χ2n) is 4.22. The Morgan fingerprint density at radius 3 is 2.62 bits per heavy atom. The van der Waals surface area contributed by atoms with Gasteiger partial charge in [-0.15, -0.1) is 0 Å².